The summed E-state index contributed by atoms with van der Waals surface area (Å²) >= 11 is 0. The van der Waals surface area contributed by atoms with Crippen LogP contribution in [0, 0.1) is 13.8 Å². The van der Waals surface area contributed by atoms with Crippen LogP contribution >= 0.6 is 0 Å². The Balaban J connectivity index is 1.49. The zero-order valence-electron chi connectivity index (χ0n) is 20.1. The molecular weight excluding hydrogens is 440 g/mol. The zero-order valence-corrected chi connectivity index (χ0v) is 20.1. The highest BCUT2D eigenvalue weighted by atomic mass is 16.5. The van der Waals surface area contributed by atoms with Crippen molar-refractivity contribution in [1.29, 1.82) is 0 Å². The van der Waals surface area contributed by atoms with Gasteiger partial charge in [-0.05, 0) is 73.0 Å². The van der Waals surface area contributed by atoms with Crippen LogP contribution < -0.4 is 14.8 Å². The molecule has 3 aromatic carbocycles. The number of nitrogens with zero attached hydrogens (tertiary/aromatic N) is 1. The van der Waals surface area contributed by atoms with E-state index in [1.54, 1.807) is 18.3 Å². The van der Waals surface area contributed by atoms with Gasteiger partial charge in [-0.25, -0.2) is 0 Å². The summed E-state index contributed by atoms with van der Waals surface area (Å²) in [6.45, 7) is 4.81. The number of furan rings is 1. The number of anilines is 1. The highest BCUT2D eigenvalue weighted by Crippen LogP contribution is 2.36. The number of hydrogen-bond acceptors (Lipinski definition) is 5. The van der Waals surface area contributed by atoms with Gasteiger partial charge in [0.05, 0.1) is 25.5 Å². The SMILES string of the molecule is COc1ccc([C@H]2Nc3ccccc3C(=O)N2Cc2ccco2)cc1COc1cccc(C)c1C. The van der Waals surface area contributed by atoms with Gasteiger partial charge >= 0.3 is 0 Å². The van der Waals surface area contributed by atoms with Gasteiger partial charge in [0, 0.05) is 11.3 Å². The number of aryl methyl sites for hydroxylation is 1. The summed E-state index contributed by atoms with van der Waals surface area (Å²) in [4.78, 5) is 15.3. The molecule has 0 spiro atoms. The number of fused-ring (bicyclic) bond motifs is 1. The number of amides is 1. The number of nitrogens with one attached hydrogen (secondary N) is 1. The largest absolute Gasteiger partial charge is 0.496 e. The number of para-hydroxylation sites is 1. The van der Waals surface area contributed by atoms with Crippen LogP contribution in [0.3, 0.4) is 0 Å². The fourth-order valence-corrected chi connectivity index (χ4v) is 4.41. The summed E-state index contributed by atoms with van der Waals surface area (Å²) in [5.41, 5.74) is 5.57. The number of benzene rings is 3. The smallest absolute Gasteiger partial charge is 0.258 e. The Morgan fingerprint density at radius 3 is 2.63 bits per heavy atom. The first-order valence-corrected chi connectivity index (χ1v) is 11.6. The standard InChI is InChI=1S/C29H28N2O4/c1-19-8-6-12-26(20(19)2)35-18-22-16-21(13-14-27(22)33-3)28-30-25-11-5-4-10-24(25)29(32)31(28)17-23-9-7-15-34-23/h4-16,28,30H,17-18H2,1-3H3/t28-/m0/s1. The van der Waals surface area contributed by atoms with Gasteiger partial charge in [0.2, 0.25) is 0 Å². The van der Waals surface area contributed by atoms with Gasteiger partial charge in [-0.15, -0.1) is 0 Å². The molecule has 1 atom stereocenters. The van der Waals surface area contributed by atoms with Crippen LogP contribution in [0.5, 0.6) is 11.5 Å². The second kappa shape index (κ2) is 9.58. The minimum Gasteiger partial charge on any atom is -0.496 e. The van der Waals surface area contributed by atoms with Gasteiger partial charge < -0.3 is 24.1 Å². The first-order valence-electron chi connectivity index (χ1n) is 11.6. The van der Waals surface area contributed by atoms with E-state index in [1.807, 2.05) is 66.7 Å². The predicted molar refractivity (Wildman–Crippen MR) is 135 cm³/mol. The average Bonchev–Trinajstić information content (AvgIpc) is 3.40. The summed E-state index contributed by atoms with van der Waals surface area (Å²) in [6.07, 6.45) is 1.24. The predicted octanol–water partition coefficient (Wildman–Crippen LogP) is 6.25. The molecular formula is C29H28N2O4. The van der Waals surface area contributed by atoms with E-state index in [4.69, 9.17) is 13.9 Å². The van der Waals surface area contributed by atoms with Crippen LogP contribution in [0.4, 0.5) is 5.69 Å². The minimum absolute atomic E-state index is 0.0512. The number of hydrogen-bond donors (Lipinski definition) is 1. The highest BCUT2D eigenvalue weighted by Gasteiger charge is 2.33. The van der Waals surface area contributed by atoms with Gasteiger partial charge in [0.1, 0.15) is 30.0 Å². The Bertz CT molecular complexity index is 1350. The molecule has 1 aromatic heterocycles. The third-order valence-electron chi connectivity index (χ3n) is 6.49. The van der Waals surface area contributed by atoms with E-state index in [-0.39, 0.29) is 12.1 Å². The lowest BCUT2D eigenvalue weighted by Gasteiger charge is -2.38. The van der Waals surface area contributed by atoms with Crippen molar-refractivity contribution in [2.75, 3.05) is 12.4 Å². The molecule has 2 heterocycles. The molecule has 1 aliphatic heterocycles. The Labute approximate surface area is 205 Å². The molecule has 5 rings (SSSR count). The fraction of sp³-hybridized carbons (Fsp3) is 0.207. The molecule has 0 saturated carbocycles. The molecule has 1 aliphatic rings. The van der Waals surface area contributed by atoms with Crippen molar-refractivity contribution >= 4 is 11.6 Å². The van der Waals surface area contributed by atoms with Gasteiger partial charge in [0.15, 0.2) is 0 Å². The van der Waals surface area contributed by atoms with Crippen LogP contribution in [0.2, 0.25) is 0 Å². The molecule has 35 heavy (non-hydrogen) atoms. The third-order valence-corrected chi connectivity index (χ3v) is 6.49. The maximum atomic E-state index is 13.5. The molecule has 0 bridgehead atoms. The number of ether oxygens (including phenoxy) is 2. The lowest BCUT2D eigenvalue weighted by atomic mass is 10.0. The van der Waals surface area contributed by atoms with Crippen LogP contribution in [0.25, 0.3) is 0 Å². The van der Waals surface area contributed by atoms with E-state index in [1.165, 1.54) is 5.56 Å². The molecule has 1 N–H and O–H groups in total. The van der Waals surface area contributed by atoms with E-state index in [9.17, 15) is 4.79 Å². The second-order valence-corrected chi connectivity index (χ2v) is 8.66. The van der Waals surface area contributed by atoms with Gasteiger partial charge in [-0.1, -0.05) is 30.3 Å². The quantitative estimate of drug-likeness (QED) is 0.347. The molecule has 0 saturated heterocycles. The maximum Gasteiger partial charge on any atom is 0.258 e. The molecule has 178 valence electrons. The van der Waals surface area contributed by atoms with Crippen LogP contribution in [0.15, 0.2) is 83.5 Å². The zero-order chi connectivity index (χ0) is 24.4. The molecule has 6 nitrogen and oxygen atoms in total. The van der Waals surface area contributed by atoms with E-state index in [0.29, 0.717) is 18.7 Å². The van der Waals surface area contributed by atoms with E-state index < -0.39 is 0 Å². The number of carbonyl (C=O) groups excluding carboxylic acids is 1. The Morgan fingerprint density at radius 2 is 1.83 bits per heavy atom. The van der Waals surface area contributed by atoms with Gasteiger partial charge in [-0.2, -0.15) is 0 Å². The highest BCUT2D eigenvalue weighted by molar-refractivity contribution is 6.01. The summed E-state index contributed by atoms with van der Waals surface area (Å²) < 4.78 is 17.4. The maximum absolute atomic E-state index is 13.5. The summed E-state index contributed by atoms with van der Waals surface area (Å²) in [5.74, 6) is 2.25. The lowest BCUT2D eigenvalue weighted by molar-refractivity contribution is 0.0651. The Hall–Kier alpha value is -4.19. The molecule has 4 aromatic rings. The summed E-state index contributed by atoms with van der Waals surface area (Å²) in [5, 5.41) is 3.54. The van der Waals surface area contributed by atoms with Crippen LogP contribution in [0.1, 0.15) is 44.5 Å². The van der Waals surface area contributed by atoms with E-state index in [0.717, 1.165) is 39.6 Å². The molecule has 6 heteroatoms. The number of carbonyl (C=O) groups is 1. The first kappa shape index (κ1) is 22.6. The number of methoxy groups -OCH3 is 1. The van der Waals surface area contributed by atoms with Crippen molar-refractivity contribution in [3.63, 3.8) is 0 Å². The monoisotopic (exact) mass is 468 g/mol. The summed E-state index contributed by atoms with van der Waals surface area (Å²) in [7, 11) is 1.65. The Kier molecular flexibility index (Phi) is 6.19. The topological polar surface area (TPSA) is 63.9 Å². The van der Waals surface area contributed by atoms with E-state index in [2.05, 4.69) is 25.2 Å². The molecule has 0 unspecified atom stereocenters. The molecule has 1 amide bonds. The van der Waals surface area contributed by atoms with Gasteiger partial charge in [-0.3, -0.25) is 4.79 Å². The second-order valence-electron chi connectivity index (χ2n) is 8.66. The van der Waals surface area contributed by atoms with Crippen molar-refractivity contribution in [2.24, 2.45) is 0 Å². The fourth-order valence-electron chi connectivity index (χ4n) is 4.41. The normalized spacial score (nSPS) is 14.9. The van der Waals surface area contributed by atoms with E-state index >= 15 is 0 Å². The summed E-state index contributed by atoms with van der Waals surface area (Å²) in [6, 6.07) is 23.3. The third kappa shape index (κ3) is 4.47. The van der Waals surface area contributed by atoms with Crippen molar-refractivity contribution < 1.29 is 18.7 Å². The number of rotatable bonds is 7. The Morgan fingerprint density at radius 1 is 0.971 bits per heavy atom. The van der Waals surface area contributed by atoms with Crippen LogP contribution in [-0.2, 0) is 13.2 Å². The molecule has 0 aliphatic carbocycles. The van der Waals surface area contributed by atoms with Gasteiger partial charge in [0.25, 0.3) is 5.91 Å². The van der Waals surface area contributed by atoms with Crippen molar-refractivity contribution in [3.8, 4) is 11.5 Å². The molecule has 0 fully saturated rings. The van der Waals surface area contributed by atoms with Crippen molar-refractivity contribution in [1.82, 2.24) is 4.90 Å². The average molecular weight is 469 g/mol. The lowest BCUT2D eigenvalue weighted by Crippen LogP contribution is -2.42. The molecule has 0 radical (unpaired) electrons. The minimum atomic E-state index is -0.382. The first-order chi connectivity index (χ1) is 17.0. The van der Waals surface area contributed by atoms with Crippen molar-refractivity contribution in [2.45, 2.75) is 33.2 Å². The van der Waals surface area contributed by atoms with Crippen LogP contribution in [-0.4, -0.2) is 17.9 Å². The van der Waals surface area contributed by atoms with Crippen molar-refractivity contribution in [3.05, 3.63) is 113 Å².